The van der Waals surface area contributed by atoms with E-state index in [0.717, 1.165) is 61.7 Å². The minimum Gasteiger partial charge on any atom is -0.354 e. The molecule has 1 amide bonds. The highest BCUT2D eigenvalue weighted by atomic mass is 16.5. The number of aromatic nitrogens is 1. The molecule has 2 heterocycles. The number of nitrogens with zero attached hydrogens (tertiary/aromatic N) is 3. The van der Waals surface area contributed by atoms with Crippen molar-refractivity contribution in [2.45, 2.75) is 58.4 Å². The monoisotopic (exact) mass is 398 g/mol. The first-order valence-corrected chi connectivity index (χ1v) is 11.2. The zero-order chi connectivity index (χ0) is 20.2. The Kier molecular flexibility index (Phi) is 6.38. The normalized spacial score (nSPS) is 23.4. The summed E-state index contributed by atoms with van der Waals surface area (Å²) in [4.78, 5) is 16.5. The van der Waals surface area contributed by atoms with Gasteiger partial charge in [-0.3, -0.25) is 9.69 Å². The Balaban J connectivity index is 1.20. The summed E-state index contributed by atoms with van der Waals surface area (Å²) in [5.41, 5.74) is 2.08. The number of carbonyl (C=O) groups excluding carboxylic acids is 1. The lowest BCUT2D eigenvalue weighted by molar-refractivity contribution is -0.121. The lowest BCUT2D eigenvalue weighted by atomic mass is 9.84. The number of hydrogen-bond acceptors (Lipinski definition) is 5. The highest BCUT2D eigenvalue weighted by Gasteiger charge is 2.25. The summed E-state index contributed by atoms with van der Waals surface area (Å²) in [6.07, 6.45) is 6.65. The molecule has 1 aliphatic heterocycles. The van der Waals surface area contributed by atoms with Crippen LogP contribution in [0, 0.1) is 12.8 Å². The number of carbonyl (C=O) groups is 1. The molecule has 158 valence electrons. The van der Waals surface area contributed by atoms with Crippen molar-refractivity contribution >= 4 is 22.7 Å². The van der Waals surface area contributed by atoms with Gasteiger partial charge in [0, 0.05) is 38.6 Å². The van der Waals surface area contributed by atoms with Crippen LogP contribution in [0.4, 0.5) is 5.82 Å². The topological polar surface area (TPSA) is 61.6 Å². The Morgan fingerprint density at radius 2 is 1.93 bits per heavy atom. The molecule has 1 aliphatic carbocycles. The van der Waals surface area contributed by atoms with Crippen molar-refractivity contribution in [2.24, 2.45) is 5.92 Å². The van der Waals surface area contributed by atoms with E-state index in [1.54, 1.807) is 0 Å². The lowest BCUT2D eigenvalue weighted by Crippen LogP contribution is -2.47. The fourth-order valence-corrected chi connectivity index (χ4v) is 4.73. The number of nitrogens with one attached hydrogen (secondary N) is 1. The summed E-state index contributed by atoms with van der Waals surface area (Å²) in [5.74, 6) is 2.00. The molecule has 0 atom stereocenters. The third-order valence-corrected chi connectivity index (χ3v) is 6.67. The van der Waals surface area contributed by atoms with Crippen LogP contribution in [0.25, 0.3) is 11.0 Å². The molecule has 2 aromatic rings. The maximum Gasteiger partial charge on any atom is 0.219 e. The van der Waals surface area contributed by atoms with Crippen molar-refractivity contribution in [3.63, 3.8) is 0 Å². The first-order valence-electron chi connectivity index (χ1n) is 11.2. The second-order valence-electron chi connectivity index (χ2n) is 8.76. The van der Waals surface area contributed by atoms with Gasteiger partial charge in [0.25, 0.3) is 0 Å². The number of piperazine rings is 1. The van der Waals surface area contributed by atoms with E-state index < -0.39 is 0 Å². The van der Waals surface area contributed by atoms with Crippen LogP contribution in [0.2, 0.25) is 0 Å². The van der Waals surface area contributed by atoms with E-state index in [-0.39, 0.29) is 5.91 Å². The first-order chi connectivity index (χ1) is 14.1. The summed E-state index contributed by atoms with van der Waals surface area (Å²) < 4.78 is 5.55. The highest BCUT2D eigenvalue weighted by Crippen LogP contribution is 2.29. The molecule has 1 saturated carbocycles. The predicted molar refractivity (Wildman–Crippen MR) is 116 cm³/mol. The van der Waals surface area contributed by atoms with Crippen LogP contribution in [0.3, 0.4) is 0 Å². The Bertz CT molecular complexity index is 817. The average molecular weight is 399 g/mol. The van der Waals surface area contributed by atoms with Gasteiger partial charge in [-0.1, -0.05) is 18.1 Å². The van der Waals surface area contributed by atoms with E-state index in [9.17, 15) is 4.79 Å². The SMILES string of the molecule is CCC(=O)N[C@H]1CC[C@H](CCN2CCN(c3noc4cc(C)ccc34)CC2)CC1. The third kappa shape index (κ3) is 4.92. The summed E-state index contributed by atoms with van der Waals surface area (Å²) >= 11 is 0. The smallest absolute Gasteiger partial charge is 0.219 e. The number of hydrogen-bond donors (Lipinski definition) is 1. The van der Waals surface area contributed by atoms with Crippen molar-refractivity contribution in [3.8, 4) is 0 Å². The molecule has 1 N–H and O–H groups in total. The van der Waals surface area contributed by atoms with Crippen molar-refractivity contribution in [3.05, 3.63) is 23.8 Å². The number of fused-ring (bicyclic) bond motifs is 1. The number of benzene rings is 1. The molecule has 6 heteroatoms. The molecule has 0 spiro atoms. The molecular weight excluding hydrogens is 364 g/mol. The van der Waals surface area contributed by atoms with Gasteiger partial charge in [0.05, 0.1) is 5.39 Å². The van der Waals surface area contributed by atoms with Crippen LogP contribution in [-0.4, -0.2) is 54.7 Å². The van der Waals surface area contributed by atoms with Gasteiger partial charge < -0.3 is 14.7 Å². The largest absolute Gasteiger partial charge is 0.354 e. The van der Waals surface area contributed by atoms with Gasteiger partial charge in [0.1, 0.15) is 0 Å². The number of anilines is 1. The maximum atomic E-state index is 11.6. The van der Waals surface area contributed by atoms with Crippen LogP contribution < -0.4 is 10.2 Å². The Morgan fingerprint density at radius 3 is 2.66 bits per heavy atom. The summed E-state index contributed by atoms with van der Waals surface area (Å²) in [6.45, 7) is 9.37. The molecule has 4 rings (SSSR count). The quantitative estimate of drug-likeness (QED) is 0.803. The van der Waals surface area contributed by atoms with Crippen molar-refractivity contribution in [1.29, 1.82) is 0 Å². The van der Waals surface area contributed by atoms with Crippen LogP contribution >= 0.6 is 0 Å². The molecule has 2 aliphatic rings. The molecule has 1 aromatic carbocycles. The van der Waals surface area contributed by atoms with Gasteiger partial charge >= 0.3 is 0 Å². The Hall–Kier alpha value is -2.08. The predicted octanol–water partition coefficient (Wildman–Crippen LogP) is 3.73. The van der Waals surface area contributed by atoms with Gasteiger partial charge in [0.2, 0.25) is 5.91 Å². The van der Waals surface area contributed by atoms with E-state index in [0.29, 0.717) is 12.5 Å². The molecule has 2 fully saturated rings. The van der Waals surface area contributed by atoms with E-state index in [1.807, 2.05) is 6.92 Å². The minimum absolute atomic E-state index is 0.196. The van der Waals surface area contributed by atoms with Gasteiger partial charge in [-0.2, -0.15) is 0 Å². The molecule has 0 unspecified atom stereocenters. The van der Waals surface area contributed by atoms with Crippen LogP contribution in [0.15, 0.2) is 22.7 Å². The van der Waals surface area contributed by atoms with Gasteiger partial charge in [-0.15, -0.1) is 0 Å². The summed E-state index contributed by atoms with van der Waals surface area (Å²) in [7, 11) is 0. The number of aryl methyl sites for hydroxylation is 1. The third-order valence-electron chi connectivity index (χ3n) is 6.67. The second kappa shape index (κ2) is 9.16. The average Bonchev–Trinajstić information content (AvgIpc) is 3.16. The fourth-order valence-electron chi connectivity index (χ4n) is 4.73. The molecule has 6 nitrogen and oxygen atoms in total. The fraction of sp³-hybridized carbons (Fsp3) is 0.652. The van der Waals surface area contributed by atoms with E-state index in [4.69, 9.17) is 4.52 Å². The lowest BCUT2D eigenvalue weighted by Gasteiger charge is -2.36. The van der Waals surface area contributed by atoms with Gasteiger partial charge in [0.15, 0.2) is 11.4 Å². The zero-order valence-electron chi connectivity index (χ0n) is 17.8. The summed E-state index contributed by atoms with van der Waals surface area (Å²) in [6, 6.07) is 6.72. The van der Waals surface area contributed by atoms with Crippen molar-refractivity contribution in [2.75, 3.05) is 37.6 Å². The maximum absolute atomic E-state index is 11.6. The molecule has 1 saturated heterocycles. The van der Waals surface area contributed by atoms with Gasteiger partial charge in [-0.05, 0) is 69.2 Å². The van der Waals surface area contributed by atoms with Crippen molar-refractivity contribution < 1.29 is 9.32 Å². The minimum atomic E-state index is 0.196. The summed E-state index contributed by atoms with van der Waals surface area (Å²) in [5, 5.41) is 8.62. The highest BCUT2D eigenvalue weighted by molar-refractivity contribution is 5.89. The molecular formula is C23H34N4O2. The standard InChI is InChI=1S/C23H34N4O2/c1-3-22(28)24-19-7-5-18(6-8-19)10-11-26-12-14-27(15-13-26)23-20-9-4-17(2)16-21(20)29-25-23/h4,9,16,18-19H,3,5-8,10-15H2,1-2H3,(H,24,28)/t18-,19-. The Morgan fingerprint density at radius 1 is 1.17 bits per heavy atom. The molecule has 0 bridgehead atoms. The van der Waals surface area contributed by atoms with Crippen molar-refractivity contribution in [1.82, 2.24) is 15.4 Å². The Labute approximate surface area is 173 Å². The number of rotatable bonds is 6. The van der Waals surface area contributed by atoms with Gasteiger partial charge in [-0.25, -0.2) is 0 Å². The van der Waals surface area contributed by atoms with E-state index >= 15 is 0 Å². The van der Waals surface area contributed by atoms with E-state index in [2.05, 4.69) is 45.4 Å². The molecule has 0 radical (unpaired) electrons. The van der Waals surface area contributed by atoms with E-state index in [1.165, 1.54) is 31.4 Å². The van der Waals surface area contributed by atoms with Crippen LogP contribution in [0.1, 0.15) is 51.0 Å². The molecule has 1 aromatic heterocycles. The molecule has 29 heavy (non-hydrogen) atoms. The van der Waals surface area contributed by atoms with Crippen LogP contribution in [-0.2, 0) is 4.79 Å². The second-order valence-corrected chi connectivity index (χ2v) is 8.76. The zero-order valence-corrected chi connectivity index (χ0v) is 17.8. The first kappa shape index (κ1) is 20.2. The number of amides is 1. The van der Waals surface area contributed by atoms with Crippen LogP contribution in [0.5, 0.6) is 0 Å².